The molecule has 3 rings (SSSR count). The molecule has 1 aliphatic heterocycles. The van der Waals surface area contributed by atoms with Gasteiger partial charge in [-0.3, -0.25) is 0 Å². The lowest BCUT2D eigenvalue weighted by atomic mass is 10.1. The molecular formula is C16H20ClN3S. The van der Waals surface area contributed by atoms with E-state index in [-0.39, 0.29) is 6.04 Å². The van der Waals surface area contributed by atoms with Crippen LogP contribution in [0.1, 0.15) is 37.8 Å². The normalized spacial score (nSPS) is 16.8. The van der Waals surface area contributed by atoms with Gasteiger partial charge in [0.1, 0.15) is 5.82 Å². The SMILES string of the molecule is CC(Nc1ccc(N2CCCCC2)nc1)c1csc(Cl)c1. The molecule has 1 saturated heterocycles. The lowest BCUT2D eigenvalue weighted by molar-refractivity contribution is 0.573. The Labute approximate surface area is 135 Å². The number of aromatic nitrogens is 1. The van der Waals surface area contributed by atoms with Gasteiger partial charge in [-0.05, 0) is 55.3 Å². The molecule has 0 spiro atoms. The summed E-state index contributed by atoms with van der Waals surface area (Å²) < 4.78 is 0.831. The van der Waals surface area contributed by atoms with Gasteiger partial charge in [0.2, 0.25) is 0 Å². The lowest BCUT2D eigenvalue weighted by Gasteiger charge is -2.27. The van der Waals surface area contributed by atoms with Gasteiger partial charge in [-0.25, -0.2) is 4.98 Å². The minimum atomic E-state index is 0.233. The minimum Gasteiger partial charge on any atom is -0.377 e. The van der Waals surface area contributed by atoms with Crippen LogP contribution in [-0.4, -0.2) is 18.1 Å². The molecule has 0 aliphatic carbocycles. The number of hydrogen-bond donors (Lipinski definition) is 1. The lowest BCUT2D eigenvalue weighted by Crippen LogP contribution is -2.30. The summed E-state index contributed by atoms with van der Waals surface area (Å²) in [6, 6.07) is 6.47. The van der Waals surface area contributed by atoms with Crippen molar-refractivity contribution in [3.05, 3.63) is 39.7 Å². The van der Waals surface area contributed by atoms with Crippen molar-refractivity contribution in [1.82, 2.24) is 4.98 Å². The van der Waals surface area contributed by atoms with Crippen LogP contribution >= 0.6 is 22.9 Å². The largest absolute Gasteiger partial charge is 0.377 e. The summed E-state index contributed by atoms with van der Waals surface area (Å²) in [6.07, 6.45) is 5.82. The fourth-order valence-electron chi connectivity index (χ4n) is 2.67. The second kappa shape index (κ2) is 6.67. The van der Waals surface area contributed by atoms with E-state index in [1.165, 1.54) is 24.8 Å². The first-order valence-corrected chi connectivity index (χ1v) is 8.69. The highest BCUT2D eigenvalue weighted by atomic mass is 35.5. The molecule has 1 unspecified atom stereocenters. The summed E-state index contributed by atoms with van der Waals surface area (Å²) in [5, 5.41) is 5.56. The van der Waals surface area contributed by atoms with Crippen molar-refractivity contribution in [2.24, 2.45) is 0 Å². The molecular weight excluding hydrogens is 302 g/mol. The second-order valence-electron chi connectivity index (χ2n) is 5.50. The number of thiophene rings is 1. The fraction of sp³-hybridized carbons (Fsp3) is 0.438. The Bertz CT molecular complexity index is 575. The molecule has 0 radical (unpaired) electrons. The Morgan fingerprint density at radius 3 is 2.71 bits per heavy atom. The first-order chi connectivity index (χ1) is 10.2. The number of pyridine rings is 1. The molecule has 0 bridgehead atoms. The molecule has 1 fully saturated rings. The summed E-state index contributed by atoms with van der Waals surface area (Å²) in [7, 11) is 0. The topological polar surface area (TPSA) is 28.2 Å². The maximum Gasteiger partial charge on any atom is 0.128 e. The van der Waals surface area contributed by atoms with Crippen molar-refractivity contribution in [2.45, 2.75) is 32.2 Å². The monoisotopic (exact) mass is 321 g/mol. The number of nitrogens with one attached hydrogen (secondary N) is 1. The zero-order valence-electron chi connectivity index (χ0n) is 12.2. The Morgan fingerprint density at radius 1 is 1.29 bits per heavy atom. The Morgan fingerprint density at radius 2 is 2.10 bits per heavy atom. The smallest absolute Gasteiger partial charge is 0.128 e. The van der Waals surface area contributed by atoms with E-state index in [4.69, 9.17) is 11.6 Å². The van der Waals surface area contributed by atoms with Crippen LogP contribution in [-0.2, 0) is 0 Å². The Hall–Kier alpha value is -1.26. The molecule has 3 nitrogen and oxygen atoms in total. The molecule has 1 aliphatic rings. The number of anilines is 2. The number of halogens is 1. The van der Waals surface area contributed by atoms with Gasteiger partial charge in [-0.2, -0.15) is 0 Å². The van der Waals surface area contributed by atoms with E-state index >= 15 is 0 Å². The van der Waals surface area contributed by atoms with E-state index in [0.29, 0.717) is 0 Å². The van der Waals surface area contributed by atoms with E-state index in [2.05, 4.69) is 39.6 Å². The van der Waals surface area contributed by atoms with Crippen LogP contribution in [0.5, 0.6) is 0 Å². The molecule has 0 amide bonds. The molecule has 1 N–H and O–H groups in total. The van der Waals surface area contributed by atoms with Crippen LogP contribution < -0.4 is 10.2 Å². The van der Waals surface area contributed by atoms with Gasteiger partial charge >= 0.3 is 0 Å². The third-order valence-corrected chi connectivity index (χ3v) is 5.01. The highest BCUT2D eigenvalue weighted by Gasteiger charge is 2.12. The number of hydrogen-bond acceptors (Lipinski definition) is 4. The molecule has 2 aromatic heterocycles. The standard InChI is InChI=1S/C16H20ClN3S/c1-12(13-9-15(17)21-11-13)19-14-5-6-16(18-10-14)20-7-3-2-4-8-20/h5-6,9-12,19H,2-4,7-8H2,1H3. The van der Waals surface area contributed by atoms with E-state index in [1.54, 1.807) is 11.3 Å². The van der Waals surface area contributed by atoms with Gasteiger partial charge in [0.25, 0.3) is 0 Å². The van der Waals surface area contributed by atoms with E-state index in [0.717, 1.165) is 28.9 Å². The molecule has 3 heterocycles. The highest BCUT2D eigenvalue weighted by molar-refractivity contribution is 7.14. The van der Waals surface area contributed by atoms with E-state index < -0.39 is 0 Å². The van der Waals surface area contributed by atoms with E-state index in [9.17, 15) is 0 Å². The molecule has 5 heteroatoms. The van der Waals surface area contributed by atoms with Gasteiger partial charge in [-0.15, -0.1) is 11.3 Å². The Kier molecular flexibility index (Phi) is 4.66. The fourth-order valence-corrected chi connectivity index (χ4v) is 3.65. The number of rotatable bonds is 4. The third kappa shape index (κ3) is 3.69. The van der Waals surface area contributed by atoms with Gasteiger partial charge < -0.3 is 10.2 Å². The van der Waals surface area contributed by atoms with Gasteiger partial charge in [0.05, 0.1) is 16.2 Å². The van der Waals surface area contributed by atoms with Crippen molar-refractivity contribution in [2.75, 3.05) is 23.3 Å². The Balaban J connectivity index is 1.63. The maximum atomic E-state index is 5.99. The van der Waals surface area contributed by atoms with Crippen molar-refractivity contribution in [1.29, 1.82) is 0 Å². The summed E-state index contributed by atoms with van der Waals surface area (Å²) >= 11 is 7.55. The maximum absolute atomic E-state index is 5.99. The molecule has 0 saturated carbocycles. The minimum absolute atomic E-state index is 0.233. The quantitative estimate of drug-likeness (QED) is 0.862. The zero-order chi connectivity index (χ0) is 14.7. The molecule has 112 valence electrons. The van der Waals surface area contributed by atoms with Gasteiger partial charge in [0.15, 0.2) is 0 Å². The van der Waals surface area contributed by atoms with Crippen LogP contribution in [0.2, 0.25) is 4.34 Å². The van der Waals surface area contributed by atoms with Crippen LogP contribution in [0.4, 0.5) is 11.5 Å². The first kappa shape index (κ1) is 14.7. The van der Waals surface area contributed by atoms with Crippen LogP contribution in [0, 0.1) is 0 Å². The van der Waals surface area contributed by atoms with Crippen LogP contribution in [0.3, 0.4) is 0 Å². The zero-order valence-corrected chi connectivity index (χ0v) is 13.8. The van der Waals surface area contributed by atoms with Crippen LogP contribution in [0.15, 0.2) is 29.8 Å². The van der Waals surface area contributed by atoms with Crippen molar-refractivity contribution < 1.29 is 0 Å². The first-order valence-electron chi connectivity index (χ1n) is 7.44. The number of piperidine rings is 1. The van der Waals surface area contributed by atoms with Gasteiger partial charge in [-0.1, -0.05) is 11.6 Å². The second-order valence-corrected chi connectivity index (χ2v) is 7.05. The predicted molar refractivity (Wildman–Crippen MR) is 91.7 cm³/mol. The van der Waals surface area contributed by atoms with E-state index in [1.807, 2.05) is 12.3 Å². The summed E-state index contributed by atoms with van der Waals surface area (Å²) in [5.41, 5.74) is 2.26. The molecule has 2 aromatic rings. The summed E-state index contributed by atoms with van der Waals surface area (Å²) in [4.78, 5) is 6.96. The predicted octanol–water partition coefficient (Wildman–Crippen LogP) is 4.96. The average molecular weight is 322 g/mol. The van der Waals surface area contributed by atoms with Gasteiger partial charge in [0, 0.05) is 19.1 Å². The highest BCUT2D eigenvalue weighted by Crippen LogP contribution is 2.27. The van der Waals surface area contributed by atoms with Crippen molar-refractivity contribution in [3.63, 3.8) is 0 Å². The molecule has 0 aromatic carbocycles. The number of nitrogens with zero attached hydrogens (tertiary/aromatic N) is 2. The molecule has 1 atom stereocenters. The van der Waals surface area contributed by atoms with Crippen molar-refractivity contribution in [3.8, 4) is 0 Å². The van der Waals surface area contributed by atoms with Crippen LogP contribution in [0.25, 0.3) is 0 Å². The third-order valence-electron chi connectivity index (χ3n) is 3.90. The molecule has 21 heavy (non-hydrogen) atoms. The summed E-state index contributed by atoms with van der Waals surface area (Å²) in [5.74, 6) is 1.09. The van der Waals surface area contributed by atoms with Crippen molar-refractivity contribution >= 4 is 34.4 Å². The summed E-state index contributed by atoms with van der Waals surface area (Å²) in [6.45, 7) is 4.39. The average Bonchev–Trinajstić information content (AvgIpc) is 2.96.